The van der Waals surface area contributed by atoms with E-state index >= 15 is 0 Å². The number of amides is 1. The maximum absolute atomic E-state index is 12.0. The van der Waals surface area contributed by atoms with E-state index in [1.54, 1.807) is 16.0 Å². The smallest absolute Gasteiger partial charge is 0.269 e. The van der Waals surface area contributed by atoms with E-state index < -0.39 is 0 Å². The van der Waals surface area contributed by atoms with Crippen molar-refractivity contribution in [3.63, 3.8) is 0 Å². The van der Waals surface area contributed by atoms with Crippen LogP contribution in [0.25, 0.3) is 0 Å². The summed E-state index contributed by atoms with van der Waals surface area (Å²) in [6.45, 7) is 2.97. The molecule has 1 fully saturated rings. The van der Waals surface area contributed by atoms with Gasteiger partial charge in [0.25, 0.3) is 5.56 Å². The van der Waals surface area contributed by atoms with Crippen LogP contribution in [-0.4, -0.2) is 60.9 Å². The van der Waals surface area contributed by atoms with E-state index in [1.165, 1.54) is 10.7 Å². The zero-order valence-corrected chi connectivity index (χ0v) is 11.3. The van der Waals surface area contributed by atoms with Crippen LogP contribution in [0.5, 0.6) is 0 Å². The van der Waals surface area contributed by atoms with Crippen LogP contribution in [0.4, 0.5) is 5.69 Å². The van der Waals surface area contributed by atoms with E-state index in [9.17, 15) is 9.59 Å². The van der Waals surface area contributed by atoms with E-state index in [4.69, 9.17) is 0 Å². The Morgan fingerprint density at radius 2 is 2.11 bits per heavy atom. The minimum absolute atomic E-state index is 0.00649. The van der Waals surface area contributed by atoms with Gasteiger partial charge in [-0.1, -0.05) is 0 Å². The average Bonchev–Trinajstić information content (AvgIpc) is 2.41. The predicted octanol–water partition coefficient (Wildman–Crippen LogP) is -1.26. The maximum atomic E-state index is 12.0. The van der Waals surface area contributed by atoms with E-state index in [0.717, 1.165) is 18.8 Å². The van der Waals surface area contributed by atoms with Crippen molar-refractivity contribution in [2.24, 2.45) is 0 Å². The molecule has 19 heavy (non-hydrogen) atoms. The molecule has 1 aromatic heterocycles. The number of aromatic nitrogens is 2. The second-order valence-corrected chi connectivity index (χ2v) is 4.73. The topological polar surface area (TPSA) is 70.5 Å². The summed E-state index contributed by atoms with van der Waals surface area (Å²) in [4.78, 5) is 27.4. The molecule has 1 saturated heterocycles. The molecule has 0 unspecified atom stereocenters. The first-order chi connectivity index (χ1) is 9.08. The number of nitrogens with zero attached hydrogens (tertiary/aromatic N) is 4. The molecule has 2 rings (SSSR count). The lowest BCUT2D eigenvalue weighted by molar-refractivity contribution is -0.132. The van der Waals surface area contributed by atoms with Crippen LogP contribution in [0, 0.1) is 0 Å². The highest BCUT2D eigenvalue weighted by Gasteiger charge is 2.17. The third-order valence-corrected chi connectivity index (χ3v) is 3.13. The first-order valence-electron chi connectivity index (χ1n) is 6.31. The van der Waals surface area contributed by atoms with Crippen LogP contribution in [-0.2, 0) is 11.3 Å². The van der Waals surface area contributed by atoms with Crippen molar-refractivity contribution in [2.75, 3.05) is 45.2 Å². The Bertz CT molecular complexity index is 505. The number of rotatable bonds is 3. The lowest BCUT2D eigenvalue weighted by atomic mass is 10.3. The number of anilines is 1. The van der Waals surface area contributed by atoms with Crippen molar-refractivity contribution in [2.45, 2.75) is 6.54 Å². The lowest BCUT2D eigenvalue weighted by Gasteiger charge is -2.27. The minimum Gasteiger partial charge on any atom is -0.376 e. The number of hydrogen-bond donors (Lipinski definition) is 1. The average molecular weight is 265 g/mol. The minimum atomic E-state index is -0.255. The van der Waals surface area contributed by atoms with Crippen LogP contribution < -0.4 is 15.8 Å². The zero-order valence-electron chi connectivity index (χ0n) is 11.3. The number of carbonyl (C=O) groups is 1. The van der Waals surface area contributed by atoms with Crippen LogP contribution in [0.3, 0.4) is 0 Å². The van der Waals surface area contributed by atoms with Gasteiger partial charge in [-0.3, -0.25) is 9.59 Å². The molecule has 1 aliphatic heterocycles. The SMILES string of the molecule is CN(C)c1cnn(CC(=O)N2CCNCC2)c(=O)c1. The summed E-state index contributed by atoms with van der Waals surface area (Å²) >= 11 is 0. The molecule has 1 aliphatic rings. The molecule has 1 aromatic rings. The van der Waals surface area contributed by atoms with Gasteiger partial charge >= 0.3 is 0 Å². The van der Waals surface area contributed by atoms with Crippen molar-refractivity contribution < 1.29 is 4.79 Å². The van der Waals surface area contributed by atoms with Gasteiger partial charge in [0.1, 0.15) is 6.54 Å². The van der Waals surface area contributed by atoms with E-state index in [1.807, 2.05) is 14.1 Å². The van der Waals surface area contributed by atoms with Crippen molar-refractivity contribution in [3.8, 4) is 0 Å². The zero-order chi connectivity index (χ0) is 13.8. The van der Waals surface area contributed by atoms with Gasteiger partial charge in [-0.25, -0.2) is 4.68 Å². The van der Waals surface area contributed by atoms with Gasteiger partial charge < -0.3 is 15.1 Å². The Hall–Kier alpha value is -1.89. The summed E-state index contributed by atoms with van der Waals surface area (Å²) in [5.74, 6) is -0.0614. The van der Waals surface area contributed by atoms with E-state index in [-0.39, 0.29) is 18.0 Å². The first kappa shape index (κ1) is 13.5. The van der Waals surface area contributed by atoms with Crippen LogP contribution >= 0.6 is 0 Å². The molecule has 0 radical (unpaired) electrons. The van der Waals surface area contributed by atoms with Crippen molar-refractivity contribution in [1.82, 2.24) is 20.0 Å². The van der Waals surface area contributed by atoms with Gasteiger partial charge in [0.2, 0.25) is 5.91 Å². The summed E-state index contributed by atoms with van der Waals surface area (Å²) in [5, 5.41) is 7.21. The Morgan fingerprint density at radius 1 is 1.42 bits per heavy atom. The molecule has 0 aliphatic carbocycles. The van der Waals surface area contributed by atoms with Crippen LogP contribution in [0.15, 0.2) is 17.1 Å². The van der Waals surface area contributed by atoms with E-state index in [0.29, 0.717) is 13.1 Å². The molecule has 1 N–H and O–H groups in total. The predicted molar refractivity (Wildman–Crippen MR) is 72.3 cm³/mol. The largest absolute Gasteiger partial charge is 0.376 e. The quantitative estimate of drug-likeness (QED) is 0.739. The van der Waals surface area contributed by atoms with Gasteiger partial charge in [-0.2, -0.15) is 5.10 Å². The van der Waals surface area contributed by atoms with Crippen LogP contribution in [0.1, 0.15) is 0 Å². The highest BCUT2D eigenvalue weighted by atomic mass is 16.2. The van der Waals surface area contributed by atoms with Gasteiger partial charge in [0.05, 0.1) is 11.9 Å². The van der Waals surface area contributed by atoms with Gasteiger partial charge in [-0.15, -0.1) is 0 Å². The number of piperazine rings is 1. The molecule has 0 aromatic carbocycles. The fourth-order valence-corrected chi connectivity index (χ4v) is 1.93. The second kappa shape index (κ2) is 5.83. The van der Waals surface area contributed by atoms with Gasteiger partial charge in [0.15, 0.2) is 0 Å². The molecule has 104 valence electrons. The molecule has 7 heteroatoms. The molecule has 7 nitrogen and oxygen atoms in total. The molecular weight excluding hydrogens is 246 g/mol. The van der Waals surface area contributed by atoms with Crippen LogP contribution in [0.2, 0.25) is 0 Å². The Kier molecular flexibility index (Phi) is 4.16. The second-order valence-electron chi connectivity index (χ2n) is 4.73. The summed E-state index contributed by atoms with van der Waals surface area (Å²) in [5.41, 5.74) is 0.477. The molecule has 0 saturated carbocycles. The molecule has 0 bridgehead atoms. The van der Waals surface area contributed by atoms with E-state index in [2.05, 4.69) is 10.4 Å². The van der Waals surface area contributed by atoms with Crippen molar-refractivity contribution in [3.05, 3.63) is 22.6 Å². The summed E-state index contributed by atoms with van der Waals surface area (Å²) < 4.78 is 1.21. The molecule has 0 atom stereocenters. The lowest BCUT2D eigenvalue weighted by Crippen LogP contribution is -2.48. The highest BCUT2D eigenvalue weighted by Crippen LogP contribution is 2.03. The monoisotopic (exact) mass is 265 g/mol. The number of carbonyl (C=O) groups excluding carboxylic acids is 1. The number of nitrogens with one attached hydrogen (secondary N) is 1. The Labute approximate surface area is 111 Å². The van der Waals surface area contributed by atoms with Crippen molar-refractivity contribution in [1.29, 1.82) is 0 Å². The molecule has 1 amide bonds. The molecule has 2 heterocycles. The third-order valence-electron chi connectivity index (χ3n) is 3.13. The summed E-state index contributed by atoms with van der Waals surface area (Å²) in [7, 11) is 3.68. The third kappa shape index (κ3) is 3.31. The van der Waals surface area contributed by atoms with Crippen molar-refractivity contribution >= 4 is 11.6 Å². The first-order valence-corrected chi connectivity index (χ1v) is 6.31. The highest BCUT2D eigenvalue weighted by molar-refractivity contribution is 5.76. The van der Waals surface area contributed by atoms with Gasteiger partial charge in [0, 0.05) is 46.3 Å². The molecular formula is C12H19N5O2. The summed E-state index contributed by atoms with van der Waals surface area (Å²) in [6.07, 6.45) is 1.59. The molecule has 0 spiro atoms. The fraction of sp³-hybridized carbons (Fsp3) is 0.583. The Morgan fingerprint density at radius 3 is 2.68 bits per heavy atom. The normalized spacial score (nSPS) is 15.4. The standard InChI is InChI=1S/C12H19N5O2/c1-15(2)10-7-11(18)17(14-8-10)9-12(19)16-5-3-13-4-6-16/h7-8,13H,3-6,9H2,1-2H3. The maximum Gasteiger partial charge on any atom is 0.269 e. The fourth-order valence-electron chi connectivity index (χ4n) is 1.93. The number of hydrogen-bond acceptors (Lipinski definition) is 5. The van der Waals surface area contributed by atoms with Gasteiger partial charge in [-0.05, 0) is 0 Å². The Balaban J connectivity index is 2.06. The summed E-state index contributed by atoms with van der Waals surface area (Å²) in [6, 6.07) is 1.48.